The van der Waals surface area contributed by atoms with Crippen LogP contribution in [0.3, 0.4) is 0 Å². The minimum atomic E-state index is -0.120. The number of nitrogens with one attached hydrogen (secondary N) is 1. The van der Waals surface area contributed by atoms with Gasteiger partial charge < -0.3 is 5.32 Å². The quantitative estimate of drug-likeness (QED) is 0.891. The highest BCUT2D eigenvalue weighted by Crippen LogP contribution is 2.05. The van der Waals surface area contributed by atoms with E-state index in [-0.39, 0.29) is 5.91 Å². The molecule has 1 aromatic heterocycles. The first kappa shape index (κ1) is 13.3. The first-order chi connectivity index (χ1) is 9.29. The Labute approximate surface area is 113 Å². The van der Waals surface area contributed by atoms with Crippen molar-refractivity contribution >= 4 is 5.91 Å². The van der Waals surface area contributed by atoms with E-state index in [1.54, 1.807) is 18.3 Å². The van der Waals surface area contributed by atoms with Crippen molar-refractivity contribution in [3.8, 4) is 0 Å². The zero-order valence-corrected chi connectivity index (χ0v) is 11.1. The van der Waals surface area contributed by atoms with Gasteiger partial charge in [0.05, 0.1) is 0 Å². The van der Waals surface area contributed by atoms with Crippen LogP contribution < -0.4 is 5.32 Å². The molecule has 3 heteroatoms. The van der Waals surface area contributed by atoms with Crippen LogP contribution in [0.25, 0.3) is 0 Å². The molecule has 0 bridgehead atoms. The summed E-state index contributed by atoms with van der Waals surface area (Å²) in [7, 11) is 0. The predicted molar refractivity (Wildman–Crippen MR) is 76.1 cm³/mol. The van der Waals surface area contributed by atoms with Crippen LogP contribution in [-0.4, -0.2) is 17.4 Å². The summed E-state index contributed by atoms with van der Waals surface area (Å²) in [6.07, 6.45) is 3.51. The maximum absolute atomic E-state index is 11.8. The fraction of sp³-hybridized carbons (Fsp3) is 0.250. The summed E-state index contributed by atoms with van der Waals surface area (Å²) in [4.78, 5) is 15.8. The number of carbonyl (C=O) groups excluding carboxylic acids is 1. The topological polar surface area (TPSA) is 42.0 Å². The van der Waals surface area contributed by atoms with E-state index in [2.05, 4.69) is 41.5 Å². The second-order valence-electron chi connectivity index (χ2n) is 4.39. The number of aryl methyl sites for hydroxylation is 1. The first-order valence-electron chi connectivity index (χ1n) is 6.56. The summed E-state index contributed by atoms with van der Waals surface area (Å²) < 4.78 is 0. The molecule has 0 aliphatic rings. The summed E-state index contributed by atoms with van der Waals surface area (Å²) in [5.74, 6) is -0.120. The number of hydrogen-bond donors (Lipinski definition) is 1. The molecule has 0 radical (unpaired) electrons. The molecular formula is C16H18N2O. The van der Waals surface area contributed by atoms with E-state index in [9.17, 15) is 4.79 Å². The Morgan fingerprint density at radius 2 is 1.84 bits per heavy atom. The lowest BCUT2D eigenvalue weighted by Crippen LogP contribution is -2.26. The molecule has 0 saturated heterocycles. The van der Waals surface area contributed by atoms with Crippen LogP contribution in [0.15, 0.2) is 48.7 Å². The van der Waals surface area contributed by atoms with Crippen molar-refractivity contribution in [1.82, 2.24) is 10.3 Å². The largest absolute Gasteiger partial charge is 0.350 e. The molecule has 1 amide bonds. The zero-order valence-electron chi connectivity index (χ0n) is 11.1. The molecule has 98 valence electrons. The summed E-state index contributed by atoms with van der Waals surface area (Å²) >= 11 is 0. The molecule has 0 aliphatic heterocycles. The minimum absolute atomic E-state index is 0.120. The number of pyridine rings is 1. The number of rotatable bonds is 5. The number of nitrogens with zero attached hydrogens (tertiary/aromatic N) is 1. The Bertz CT molecular complexity index is 520. The van der Waals surface area contributed by atoms with Gasteiger partial charge in [0, 0.05) is 12.7 Å². The van der Waals surface area contributed by atoms with Crippen molar-refractivity contribution in [1.29, 1.82) is 0 Å². The molecular weight excluding hydrogens is 236 g/mol. The van der Waals surface area contributed by atoms with Gasteiger partial charge in [0.15, 0.2) is 0 Å². The standard InChI is InChI=1S/C16H18N2O/c1-2-13-6-8-14(9-7-13)10-12-18-16(19)15-5-3-4-11-17-15/h3-9,11H,2,10,12H2,1H3,(H,18,19). The highest BCUT2D eigenvalue weighted by molar-refractivity contribution is 5.92. The molecule has 1 aromatic carbocycles. The SMILES string of the molecule is CCc1ccc(CCNC(=O)c2ccccn2)cc1. The van der Waals surface area contributed by atoms with Gasteiger partial charge >= 0.3 is 0 Å². The van der Waals surface area contributed by atoms with Crippen molar-refractivity contribution in [2.45, 2.75) is 19.8 Å². The average Bonchev–Trinajstić information content (AvgIpc) is 2.49. The summed E-state index contributed by atoms with van der Waals surface area (Å²) in [5.41, 5.74) is 3.03. The molecule has 19 heavy (non-hydrogen) atoms. The zero-order chi connectivity index (χ0) is 13.5. The van der Waals surface area contributed by atoms with Crippen LogP contribution in [0.2, 0.25) is 0 Å². The lowest BCUT2D eigenvalue weighted by Gasteiger charge is -2.05. The van der Waals surface area contributed by atoms with E-state index >= 15 is 0 Å². The lowest BCUT2D eigenvalue weighted by molar-refractivity contribution is 0.0949. The van der Waals surface area contributed by atoms with Crippen LogP contribution >= 0.6 is 0 Å². The Morgan fingerprint density at radius 3 is 2.47 bits per heavy atom. The number of amides is 1. The van der Waals surface area contributed by atoms with Crippen LogP contribution in [0.1, 0.15) is 28.5 Å². The monoisotopic (exact) mass is 254 g/mol. The van der Waals surface area contributed by atoms with Gasteiger partial charge in [0.1, 0.15) is 5.69 Å². The van der Waals surface area contributed by atoms with E-state index in [4.69, 9.17) is 0 Å². The van der Waals surface area contributed by atoms with Gasteiger partial charge in [0.2, 0.25) is 0 Å². The number of hydrogen-bond acceptors (Lipinski definition) is 2. The van der Waals surface area contributed by atoms with Gasteiger partial charge in [-0.25, -0.2) is 0 Å². The molecule has 0 saturated carbocycles. The van der Waals surface area contributed by atoms with Crippen LogP contribution in [0, 0.1) is 0 Å². The van der Waals surface area contributed by atoms with Crippen molar-refractivity contribution in [2.75, 3.05) is 6.54 Å². The molecule has 0 atom stereocenters. The second-order valence-corrected chi connectivity index (χ2v) is 4.39. The predicted octanol–water partition coefficient (Wildman–Crippen LogP) is 2.62. The normalized spacial score (nSPS) is 10.2. The van der Waals surface area contributed by atoms with E-state index in [0.717, 1.165) is 12.8 Å². The molecule has 1 N–H and O–H groups in total. The van der Waals surface area contributed by atoms with Crippen molar-refractivity contribution in [2.24, 2.45) is 0 Å². The highest BCUT2D eigenvalue weighted by atomic mass is 16.1. The van der Waals surface area contributed by atoms with E-state index in [1.807, 2.05) is 6.07 Å². The molecule has 2 rings (SSSR count). The van der Waals surface area contributed by atoms with Gasteiger partial charge in [-0.05, 0) is 36.1 Å². The van der Waals surface area contributed by atoms with Gasteiger partial charge in [0.25, 0.3) is 5.91 Å². The molecule has 0 aliphatic carbocycles. The number of carbonyl (C=O) groups is 1. The van der Waals surface area contributed by atoms with E-state index in [1.165, 1.54) is 11.1 Å². The van der Waals surface area contributed by atoms with Crippen LogP contribution in [0.4, 0.5) is 0 Å². The number of aromatic nitrogens is 1. The third-order valence-corrected chi connectivity index (χ3v) is 3.03. The summed E-state index contributed by atoms with van der Waals surface area (Å²) in [6.45, 7) is 2.77. The van der Waals surface area contributed by atoms with Crippen LogP contribution in [-0.2, 0) is 12.8 Å². The maximum Gasteiger partial charge on any atom is 0.269 e. The summed E-state index contributed by atoms with van der Waals surface area (Å²) in [6, 6.07) is 13.8. The fourth-order valence-corrected chi connectivity index (χ4v) is 1.85. The summed E-state index contributed by atoms with van der Waals surface area (Å²) in [5, 5.41) is 2.87. The highest BCUT2D eigenvalue weighted by Gasteiger charge is 2.04. The Balaban J connectivity index is 1.81. The van der Waals surface area contributed by atoms with Crippen molar-refractivity contribution < 1.29 is 4.79 Å². The van der Waals surface area contributed by atoms with Gasteiger partial charge in [-0.3, -0.25) is 9.78 Å². The Hall–Kier alpha value is -2.16. The molecule has 1 heterocycles. The molecule has 0 spiro atoms. The maximum atomic E-state index is 11.8. The average molecular weight is 254 g/mol. The second kappa shape index (κ2) is 6.69. The minimum Gasteiger partial charge on any atom is -0.350 e. The van der Waals surface area contributed by atoms with Gasteiger partial charge in [-0.15, -0.1) is 0 Å². The van der Waals surface area contributed by atoms with Crippen molar-refractivity contribution in [3.05, 3.63) is 65.5 Å². The molecule has 0 unspecified atom stereocenters. The third kappa shape index (κ3) is 3.91. The fourth-order valence-electron chi connectivity index (χ4n) is 1.85. The Morgan fingerprint density at radius 1 is 1.11 bits per heavy atom. The molecule has 2 aromatic rings. The van der Waals surface area contributed by atoms with Gasteiger partial charge in [-0.2, -0.15) is 0 Å². The lowest BCUT2D eigenvalue weighted by atomic mass is 10.1. The number of benzene rings is 1. The van der Waals surface area contributed by atoms with Crippen LogP contribution in [0.5, 0.6) is 0 Å². The van der Waals surface area contributed by atoms with E-state index < -0.39 is 0 Å². The first-order valence-corrected chi connectivity index (χ1v) is 6.56. The van der Waals surface area contributed by atoms with Crippen molar-refractivity contribution in [3.63, 3.8) is 0 Å². The van der Waals surface area contributed by atoms with Gasteiger partial charge in [-0.1, -0.05) is 37.3 Å². The molecule has 0 fully saturated rings. The Kier molecular flexibility index (Phi) is 4.67. The van der Waals surface area contributed by atoms with E-state index in [0.29, 0.717) is 12.2 Å². The smallest absolute Gasteiger partial charge is 0.269 e. The third-order valence-electron chi connectivity index (χ3n) is 3.03. The molecule has 3 nitrogen and oxygen atoms in total.